The molecule has 0 aliphatic rings. The van der Waals surface area contributed by atoms with Crippen molar-refractivity contribution >= 4 is 32.2 Å². The molecule has 7 heteroatoms. The number of carbonyl (C=O) groups is 1. The fraction of sp³-hybridized carbons (Fsp3) is 0.222. The first-order valence-electron chi connectivity index (χ1n) is 4.06. The van der Waals surface area contributed by atoms with Crippen LogP contribution in [0.1, 0.15) is 15.9 Å². The minimum absolute atomic E-state index is 0.0601. The zero-order valence-corrected chi connectivity index (χ0v) is 12.7. The van der Waals surface area contributed by atoms with E-state index in [1.807, 2.05) is 0 Å². The van der Waals surface area contributed by atoms with Crippen LogP contribution in [-0.2, 0) is 10.9 Å². The minimum atomic E-state index is -4.55. The number of hydrogen-bond donors (Lipinski definition) is 0. The van der Waals surface area contributed by atoms with Crippen LogP contribution in [-0.4, -0.2) is 39.3 Å². The van der Waals surface area contributed by atoms with E-state index in [0.29, 0.717) is 0 Å². The van der Waals surface area contributed by atoms with E-state index in [4.69, 9.17) is 2.69 Å². The van der Waals surface area contributed by atoms with E-state index < -0.39 is 17.7 Å². The molecular formula is C9H6F3O3Tl. The van der Waals surface area contributed by atoms with Gasteiger partial charge in [-0.3, -0.25) is 0 Å². The Bertz CT molecular complexity index is 403. The van der Waals surface area contributed by atoms with Crippen LogP contribution in [0.2, 0.25) is 0 Å². The van der Waals surface area contributed by atoms with E-state index in [1.165, 1.54) is 6.07 Å². The maximum absolute atomic E-state index is 12.6. The van der Waals surface area contributed by atoms with Gasteiger partial charge in [0, 0.05) is 0 Å². The number of carbonyl (C=O) groups excluding carboxylic acids is 1. The number of methoxy groups -OCH3 is 1. The second-order valence-corrected chi connectivity index (χ2v) is 3.73. The van der Waals surface area contributed by atoms with Gasteiger partial charge in [-0.2, -0.15) is 0 Å². The Labute approximate surface area is 106 Å². The van der Waals surface area contributed by atoms with E-state index in [9.17, 15) is 18.0 Å². The predicted molar refractivity (Wildman–Crippen MR) is 49.2 cm³/mol. The van der Waals surface area contributed by atoms with Gasteiger partial charge >= 0.3 is 106 Å². The van der Waals surface area contributed by atoms with Crippen molar-refractivity contribution in [3.05, 3.63) is 29.3 Å². The van der Waals surface area contributed by atoms with Gasteiger partial charge in [0.1, 0.15) is 0 Å². The summed E-state index contributed by atoms with van der Waals surface area (Å²) in [6.07, 6.45) is -4.55. The summed E-state index contributed by atoms with van der Waals surface area (Å²) >= 11 is -0.0601. The quantitative estimate of drug-likeness (QED) is 0.539. The number of alkyl halides is 3. The van der Waals surface area contributed by atoms with Crippen LogP contribution in [0.4, 0.5) is 13.2 Å². The van der Waals surface area contributed by atoms with Crippen molar-refractivity contribution in [1.82, 2.24) is 0 Å². The fourth-order valence-electron chi connectivity index (χ4n) is 1.10. The van der Waals surface area contributed by atoms with Crippen LogP contribution >= 0.6 is 0 Å². The Kier molecular flexibility index (Phi) is 4.16. The number of hydrogen-bond acceptors (Lipinski definition) is 3. The number of halogens is 3. The second-order valence-electron chi connectivity index (χ2n) is 2.82. The Morgan fingerprint density at radius 3 is 2.44 bits per heavy atom. The Balaban J connectivity index is 3.27. The van der Waals surface area contributed by atoms with Gasteiger partial charge in [-0.05, 0) is 0 Å². The number of rotatable bonds is 2. The summed E-state index contributed by atoms with van der Waals surface area (Å²) in [5.74, 6) is -1.07. The molecule has 0 heterocycles. The van der Waals surface area contributed by atoms with Gasteiger partial charge in [0.25, 0.3) is 0 Å². The van der Waals surface area contributed by atoms with Gasteiger partial charge in [0.05, 0.1) is 0 Å². The molecule has 1 aromatic rings. The summed E-state index contributed by atoms with van der Waals surface area (Å²) in [6.45, 7) is 0. The first-order valence-corrected chi connectivity index (χ1v) is 5.89. The van der Waals surface area contributed by atoms with Crippen LogP contribution in [0.25, 0.3) is 0 Å². The van der Waals surface area contributed by atoms with Crippen molar-refractivity contribution in [3.63, 3.8) is 0 Å². The first-order chi connectivity index (χ1) is 7.40. The normalized spacial score (nSPS) is 10.9. The van der Waals surface area contributed by atoms with Crippen LogP contribution < -0.4 is 2.69 Å². The van der Waals surface area contributed by atoms with Crippen molar-refractivity contribution < 1.29 is 25.4 Å². The molecule has 0 aliphatic carbocycles. The molecule has 0 aliphatic heterocycles. The average Bonchev–Trinajstić information content (AvgIpc) is 2.26. The Morgan fingerprint density at radius 1 is 1.38 bits per heavy atom. The molecular weight excluding hydrogens is 417 g/mol. The third-order valence-electron chi connectivity index (χ3n) is 1.83. The molecule has 0 aromatic heterocycles. The van der Waals surface area contributed by atoms with Gasteiger partial charge in [-0.1, -0.05) is 0 Å². The summed E-state index contributed by atoms with van der Waals surface area (Å²) in [7, 11) is 1.11. The molecule has 0 saturated carbocycles. The van der Waals surface area contributed by atoms with Crippen molar-refractivity contribution in [2.24, 2.45) is 0 Å². The van der Waals surface area contributed by atoms with Crippen LogP contribution in [0, 0.1) is 0 Å². The summed E-state index contributed by atoms with van der Waals surface area (Å²) in [5.41, 5.74) is -1.11. The van der Waals surface area contributed by atoms with Crippen LogP contribution in [0.5, 0.6) is 5.75 Å². The summed E-state index contributed by atoms with van der Waals surface area (Å²) in [4.78, 5) is 11.1. The summed E-state index contributed by atoms with van der Waals surface area (Å²) in [6, 6.07) is 3.08. The summed E-state index contributed by atoms with van der Waals surface area (Å²) < 4.78 is 46.8. The van der Waals surface area contributed by atoms with Crippen molar-refractivity contribution in [3.8, 4) is 5.75 Å². The molecule has 0 bridgehead atoms. The zero-order valence-electron chi connectivity index (χ0n) is 8.17. The van der Waals surface area contributed by atoms with Gasteiger partial charge < -0.3 is 0 Å². The van der Waals surface area contributed by atoms with E-state index in [1.54, 1.807) is 0 Å². The Hall–Kier alpha value is -0.798. The van der Waals surface area contributed by atoms with E-state index in [-0.39, 0.29) is 37.5 Å². The second kappa shape index (κ2) is 5.02. The van der Waals surface area contributed by atoms with Gasteiger partial charge in [-0.25, -0.2) is 0 Å². The predicted octanol–water partition coefficient (Wildman–Crippen LogP) is 1.95. The molecule has 0 saturated heterocycles. The topological polar surface area (TPSA) is 35.5 Å². The van der Waals surface area contributed by atoms with Crippen LogP contribution in [0.15, 0.2) is 18.2 Å². The Morgan fingerprint density at radius 2 is 2.00 bits per heavy atom. The maximum atomic E-state index is 12.6. The molecule has 0 fully saturated rings. The molecule has 0 spiro atoms. The third-order valence-corrected chi connectivity index (χ3v) is 2.82. The van der Waals surface area contributed by atoms with Crippen molar-refractivity contribution in [2.45, 2.75) is 6.18 Å². The average molecular weight is 424 g/mol. The summed E-state index contributed by atoms with van der Waals surface area (Å²) in [5, 5.41) is 0. The third kappa shape index (κ3) is 2.86. The number of esters is 1. The number of ether oxygens (including phenoxy) is 1. The molecule has 1 rings (SSSR count). The molecule has 0 atom stereocenters. The fourth-order valence-corrected chi connectivity index (χ4v) is 1.90. The van der Waals surface area contributed by atoms with Crippen LogP contribution in [0.3, 0.4) is 0 Å². The van der Waals surface area contributed by atoms with Gasteiger partial charge in [0.15, 0.2) is 0 Å². The standard InChI is InChI=1S/C9H7F3O3.Tl/c1-15-8(14)5-2-3-7(13)6(4-5)9(10,11)12;/h2-4,13H,1H3;/q;+1/p-1. The monoisotopic (exact) mass is 424 g/mol. The molecule has 0 unspecified atom stereocenters. The van der Waals surface area contributed by atoms with Crippen molar-refractivity contribution in [1.29, 1.82) is 0 Å². The zero-order chi connectivity index (χ0) is 12.3. The van der Waals surface area contributed by atoms with Crippen molar-refractivity contribution in [2.75, 3.05) is 7.11 Å². The molecule has 0 N–H and O–H groups in total. The van der Waals surface area contributed by atoms with E-state index in [2.05, 4.69) is 4.74 Å². The molecule has 16 heavy (non-hydrogen) atoms. The first kappa shape index (κ1) is 13.3. The molecule has 3 nitrogen and oxygen atoms in total. The SMILES string of the molecule is COC(=O)c1ccc([O][Tl])c(C(F)(F)F)c1. The number of benzene rings is 1. The molecule has 0 amide bonds. The van der Waals surface area contributed by atoms with E-state index in [0.717, 1.165) is 19.2 Å². The van der Waals surface area contributed by atoms with E-state index >= 15 is 0 Å². The molecule has 0 radical (unpaired) electrons. The van der Waals surface area contributed by atoms with Gasteiger partial charge in [0.2, 0.25) is 0 Å². The molecule has 84 valence electrons. The molecule has 1 aromatic carbocycles. The van der Waals surface area contributed by atoms with Gasteiger partial charge in [-0.15, -0.1) is 0 Å².